The van der Waals surface area contributed by atoms with Crippen LogP contribution < -0.4 is 16.4 Å². The molecule has 4 aliphatic rings. The molecular formula is C39H67N5O14. The van der Waals surface area contributed by atoms with Gasteiger partial charge < -0.3 is 74.6 Å². The lowest BCUT2D eigenvalue weighted by molar-refractivity contribution is -0.292. The molecule has 3 fully saturated rings. The number of nitrogens with two attached hydrogens (primary N) is 1. The maximum Gasteiger partial charge on any atom is 0.410 e. The van der Waals surface area contributed by atoms with Crippen LogP contribution in [0.2, 0.25) is 0 Å². The van der Waals surface area contributed by atoms with E-state index in [4.69, 9.17) is 38.9 Å². The highest BCUT2D eigenvalue weighted by atomic mass is 16.7. The molecule has 332 valence electrons. The van der Waals surface area contributed by atoms with Crippen LogP contribution in [0.25, 0.3) is 0 Å². The van der Waals surface area contributed by atoms with Gasteiger partial charge in [-0.2, -0.15) is 0 Å². The summed E-state index contributed by atoms with van der Waals surface area (Å²) in [6.45, 7) is 16.9. The lowest BCUT2D eigenvalue weighted by atomic mass is 9.82. The molecule has 3 heterocycles. The summed E-state index contributed by atoms with van der Waals surface area (Å²) in [7, 11) is 1.49. The van der Waals surface area contributed by atoms with Gasteiger partial charge in [0.1, 0.15) is 47.0 Å². The van der Waals surface area contributed by atoms with Crippen molar-refractivity contribution in [2.45, 2.75) is 172 Å². The molecule has 0 aromatic carbocycles. The second-order valence-corrected chi connectivity index (χ2v) is 18.7. The van der Waals surface area contributed by atoms with Gasteiger partial charge in [0.25, 0.3) is 5.91 Å². The summed E-state index contributed by atoms with van der Waals surface area (Å²) in [6.07, 6.45) is -7.81. The smallest absolute Gasteiger partial charge is 0.410 e. The van der Waals surface area contributed by atoms with Crippen molar-refractivity contribution < 1.29 is 67.7 Å². The average molecular weight is 830 g/mol. The quantitative estimate of drug-likeness (QED) is 0.182. The van der Waals surface area contributed by atoms with Crippen LogP contribution in [-0.2, 0) is 38.0 Å². The SMILES string of the molecule is C[C@@H]1CO[C@H](O[C@@H]2[C@@H](O)[C@H](O[C@@H]3CCC=C(CN)O3)[C@@H](NC(=O)OC(C)(C)C)C[C@H]2NC(=O)C2(O)CCN(C(=O)OC(C)(C)C)C2)[C@H](O)[C@H]1N(C)C(=O)OC(C)(C)C. The van der Waals surface area contributed by atoms with Crippen molar-refractivity contribution in [3.05, 3.63) is 11.8 Å². The van der Waals surface area contributed by atoms with E-state index in [-0.39, 0.29) is 45.0 Å². The Morgan fingerprint density at radius 2 is 1.53 bits per heavy atom. The van der Waals surface area contributed by atoms with E-state index >= 15 is 0 Å². The largest absolute Gasteiger partial charge is 0.468 e. The van der Waals surface area contributed by atoms with Crippen LogP contribution in [0.3, 0.4) is 0 Å². The number of aliphatic hydroxyl groups excluding tert-OH is 2. The highest BCUT2D eigenvalue weighted by molar-refractivity contribution is 5.87. The molecule has 1 saturated carbocycles. The Hall–Kier alpha value is -3.46. The van der Waals surface area contributed by atoms with Gasteiger partial charge in [0.2, 0.25) is 0 Å². The first-order valence-corrected chi connectivity index (χ1v) is 20.0. The molecule has 0 bridgehead atoms. The Balaban J connectivity index is 1.67. The number of β-amino-alcohol motifs (C(OH)–C–C–N with tert-alkyl or cyclic N) is 1. The molecule has 7 N–H and O–H groups in total. The molecule has 19 nitrogen and oxygen atoms in total. The molecule has 58 heavy (non-hydrogen) atoms. The fraction of sp³-hybridized carbons (Fsp3) is 0.846. The number of nitrogens with one attached hydrogen (secondary N) is 2. The van der Waals surface area contributed by atoms with Crippen molar-refractivity contribution in [1.82, 2.24) is 20.4 Å². The number of ether oxygens (including phenoxy) is 7. The summed E-state index contributed by atoms with van der Waals surface area (Å²) in [5.74, 6) is -0.779. The van der Waals surface area contributed by atoms with Gasteiger partial charge in [0.15, 0.2) is 18.2 Å². The van der Waals surface area contributed by atoms with E-state index < -0.39 is 102 Å². The van der Waals surface area contributed by atoms with E-state index in [1.807, 2.05) is 6.08 Å². The first-order valence-electron chi connectivity index (χ1n) is 20.0. The van der Waals surface area contributed by atoms with Crippen LogP contribution in [0.5, 0.6) is 0 Å². The second kappa shape index (κ2) is 18.4. The van der Waals surface area contributed by atoms with Crippen molar-refractivity contribution >= 4 is 24.2 Å². The molecule has 4 rings (SSSR count). The number of aliphatic hydroxyl groups is 3. The molecule has 0 aromatic rings. The molecule has 0 radical (unpaired) electrons. The van der Waals surface area contributed by atoms with E-state index in [2.05, 4.69) is 10.6 Å². The van der Waals surface area contributed by atoms with Gasteiger partial charge in [0.05, 0.1) is 37.8 Å². The predicted molar refractivity (Wildman–Crippen MR) is 207 cm³/mol. The minimum absolute atomic E-state index is 0.0261. The third-order valence-electron chi connectivity index (χ3n) is 10.0. The average Bonchev–Trinajstić information content (AvgIpc) is 3.50. The molecule has 4 amide bonds. The summed E-state index contributed by atoms with van der Waals surface area (Å²) in [6, 6.07) is -3.07. The molecule has 3 aliphatic heterocycles. The Morgan fingerprint density at radius 3 is 2.14 bits per heavy atom. The monoisotopic (exact) mass is 829 g/mol. The normalized spacial score (nSPS) is 33.3. The maximum atomic E-state index is 14.1. The van der Waals surface area contributed by atoms with Gasteiger partial charge in [0, 0.05) is 32.4 Å². The maximum absolute atomic E-state index is 14.1. The third kappa shape index (κ3) is 12.5. The van der Waals surface area contributed by atoms with Crippen molar-refractivity contribution in [3.8, 4) is 0 Å². The van der Waals surface area contributed by atoms with Crippen molar-refractivity contribution in [1.29, 1.82) is 0 Å². The Bertz CT molecular complexity index is 1490. The van der Waals surface area contributed by atoms with Gasteiger partial charge in [-0.3, -0.25) is 4.79 Å². The summed E-state index contributed by atoms with van der Waals surface area (Å²) in [5, 5.41) is 41.2. The number of allylic oxidation sites excluding steroid dienone is 1. The van der Waals surface area contributed by atoms with Crippen LogP contribution in [0, 0.1) is 5.92 Å². The lowest BCUT2D eigenvalue weighted by Crippen LogP contribution is -2.69. The lowest BCUT2D eigenvalue weighted by Gasteiger charge is -2.49. The highest BCUT2D eigenvalue weighted by Crippen LogP contribution is 2.34. The number of hydrogen-bond acceptors (Lipinski definition) is 15. The molecule has 0 aromatic heterocycles. The van der Waals surface area contributed by atoms with Gasteiger partial charge >= 0.3 is 18.3 Å². The zero-order valence-electron chi connectivity index (χ0n) is 35.8. The standard InChI is InChI=1S/C39H67N5O14/c1-21-19-52-31(27(45)26(21)43(11)34(49)57-37(5,6)7)55-30-23(41-32(47)39(51)15-16-44(20-39)35(50)58-38(8,9)10)17-24(42-33(48)56-36(2,3)4)29(28(30)46)54-25-14-12-13-22(18-40)53-25/h13,21,23-31,45-46,51H,12,14-20,40H2,1-11H3,(H,41,47)(H,42,48)/t21-,23-,24+,25-,26+,27-,28+,29-,30+,31-,39?/m1/s1. The molecule has 0 spiro atoms. The van der Waals surface area contributed by atoms with Gasteiger partial charge in [-0.15, -0.1) is 0 Å². The van der Waals surface area contributed by atoms with Crippen LogP contribution in [0.4, 0.5) is 14.4 Å². The first-order chi connectivity index (χ1) is 26.7. The van der Waals surface area contributed by atoms with Crippen LogP contribution in [0.15, 0.2) is 11.8 Å². The zero-order chi connectivity index (χ0) is 43.5. The molecule has 2 saturated heterocycles. The van der Waals surface area contributed by atoms with Gasteiger partial charge in [-0.05, 0) is 81.2 Å². The number of nitrogens with zero attached hydrogens (tertiary/aromatic N) is 2. The number of hydrogen-bond donors (Lipinski definition) is 6. The van der Waals surface area contributed by atoms with Crippen LogP contribution >= 0.6 is 0 Å². The fourth-order valence-corrected chi connectivity index (χ4v) is 7.40. The number of likely N-dealkylation sites (N-methyl/N-ethyl adjacent to an activating group) is 1. The van der Waals surface area contributed by atoms with Crippen LogP contribution in [0.1, 0.15) is 94.9 Å². The zero-order valence-corrected chi connectivity index (χ0v) is 35.8. The minimum Gasteiger partial charge on any atom is -0.468 e. The Morgan fingerprint density at radius 1 is 0.931 bits per heavy atom. The summed E-state index contributed by atoms with van der Waals surface area (Å²) in [4.78, 5) is 55.8. The van der Waals surface area contributed by atoms with Gasteiger partial charge in [-0.25, -0.2) is 14.4 Å². The van der Waals surface area contributed by atoms with Crippen molar-refractivity contribution in [3.63, 3.8) is 0 Å². The third-order valence-corrected chi connectivity index (χ3v) is 10.0. The Labute approximate surface area is 341 Å². The highest BCUT2D eigenvalue weighted by Gasteiger charge is 2.54. The van der Waals surface area contributed by atoms with E-state index in [0.29, 0.717) is 18.6 Å². The molecule has 1 aliphatic carbocycles. The van der Waals surface area contributed by atoms with E-state index in [0.717, 1.165) is 0 Å². The summed E-state index contributed by atoms with van der Waals surface area (Å²) < 4.78 is 41.2. The minimum atomic E-state index is -2.06. The number of carbonyl (C=O) groups is 4. The van der Waals surface area contributed by atoms with Crippen molar-refractivity contribution in [2.75, 3.05) is 33.3 Å². The van der Waals surface area contributed by atoms with E-state index in [1.165, 1.54) is 16.8 Å². The first kappa shape index (κ1) is 47.2. The van der Waals surface area contributed by atoms with E-state index in [1.54, 1.807) is 69.2 Å². The second-order valence-electron chi connectivity index (χ2n) is 18.7. The number of carbonyl (C=O) groups excluding carboxylic acids is 4. The molecular weight excluding hydrogens is 762 g/mol. The number of likely N-dealkylation sites (tertiary alicyclic amines) is 1. The molecule has 1 unspecified atom stereocenters. The topological polar surface area (TPSA) is 250 Å². The van der Waals surface area contributed by atoms with Gasteiger partial charge in [-0.1, -0.05) is 6.92 Å². The molecule has 19 heteroatoms. The Kier molecular flexibility index (Phi) is 15.0. The van der Waals surface area contributed by atoms with E-state index in [9.17, 15) is 34.5 Å². The number of amides is 4. The van der Waals surface area contributed by atoms with Crippen molar-refractivity contribution in [2.24, 2.45) is 11.7 Å². The summed E-state index contributed by atoms with van der Waals surface area (Å²) in [5.41, 5.74) is 1.26. The van der Waals surface area contributed by atoms with Crippen LogP contribution in [-0.4, -0.2) is 160 Å². The fourth-order valence-electron chi connectivity index (χ4n) is 7.40. The molecule has 11 atom stereocenters. The summed E-state index contributed by atoms with van der Waals surface area (Å²) >= 11 is 0. The number of alkyl carbamates (subject to hydrolysis) is 1. The predicted octanol–water partition coefficient (Wildman–Crippen LogP) is 1.84. The number of rotatable bonds is 9.